The van der Waals surface area contributed by atoms with Crippen LogP contribution in [0.2, 0.25) is 0 Å². The number of rotatable bonds is 2. The maximum absolute atomic E-state index is 13.0. The summed E-state index contributed by atoms with van der Waals surface area (Å²) in [5.41, 5.74) is 6.24. The van der Waals surface area contributed by atoms with E-state index < -0.39 is 5.82 Å². The number of nitrogens with two attached hydrogens (primary N) is 1. The van der Waals surface area contributed by atoms with Crippen molar-refractivity contribution in [1.29, 1.82) is 0 Å². The molecule has 2 N–H and O–H groups in total. The molecule has 0 bridgehead atoms. The van der Waals surface area contributed by atoms with Crippen molar-refractivity contribution in [2.24, 2.45) is 11.7 Å². The fraction of sp³-hybridized carbons (Fsp3) is 0.333. The van der Waals surface area contributed by atoms with Gasteiger partial charge in [0.2, 0.25) is 5.95 Å². The van der Waals surface area contributed by atoms with Crippen LogP contribution in [0.3, 0.4) is 0 Å². The average Bonchev–Trinajstić information content (AvgIpc) is 3.00. The Balaban J connectivity index is 1.64. The average molecular weight is 331 g/mol. The molecule has 0 aromatic carbocycles. The molecule has 0 saturated carbocycles. The number of thioether (sulfide) groups is 1. The smallest absolute Gasteiger partial charge is 0.263 e. The first-order valence-electron chi connectivity index (χ1n) is 7.40. The Hall–Kier alpha value is -2.22. The third kappa shape index (κ3) is 2.63. The van der Waals surface area contributed by atoms with Crippen LogP contribution in [-0.2, 0) is 0 Å². The number of hydrogen-bond acceptors (Lipinski definition) is 6. The van der Waals surface area contributed by atoms with Gasteiger partial charge < -0.3 is 10.6 Å². The first-order chi connectivity index (χ1) is 11.2. The van der Waals surface area contributed by atoms with Gasteiger partial charge >= 0.3 is 0 Å². The van der Waals surface area contributed by atoms with E-state index in [-0.39, 0.29) is 6.04 Å². The molecule has 2 atom stereocenters. The van der Waals surface area contributed by atoms with Crippen LogP contribution in [0.1, 0.15) is 0 Å². The second-order valence-electron chi connectivity index (χ2n) is 5.64. The molecule has 2 aliphatic heterocycles. The minimum absolute atomic E-state index is 0.222. The molecule has 2 aromatic heterocycles. The van der Waals surface area contributed by atoms with Crippen molar-refractivity contribution in [3.8, 4) is 0 Å². The number of nitrogens with zero attached hydrogens (tertiary/aromatic N) is 5. The van der Waals surface area contributed by atoms with E-state index in [1.807, 2.05) is 18.2 Å². The van der Waals surface area contributed by atoms with Crippen molar-refractivity contribution in [1.82, 2.24) is 15.0 Å². The van der Waals surface area contributed by atoms with Gasteiger partial charge in [0, 0.05) is 24.3 Å². The molecule has 0 radical (unpaired) electrons. The van der Waals surface area contributed by atoms with Gasteiger partial charge in [0.25, 0.3) is 11.0 Å². The molecule has 0 spiro atoms. The number of hydrogen-bond donors (Lipinski definition) is 1. The third-order valence-electron chi connectivity index (χ3n) is 4.21. The quantitative estimate of drug-likeness (QED) is 0.835. The molecule has 0 amide bonds. The van der Waals surface area contributed by atoms with E-state index in [2.05, 4.69) is 24.4 Å². The van der Waals surface area contributed by atoms with E-state index in [4.69, 9.17) is 5.73 Å². The molecule has 1 saturated heterocycles. The Morgan fingerprint density at radius 2 is 2.04 bits per heavy atom. The van der Waals surface area contributed by atoms with Crippen LogP contribution in [0.15, 0.2) is 36.8 Å². The molecule has 6 nitrogen and oxygen atoms in total. The van der Waals surface area contributed by atoms with E-state index in [1.54, 1.807) is 18.0 Å². The number of aromatic nitrogens is 3. The normalized spacial score (nSPS) is 24.0. The molecule has 23 heavy (non-hydrogen) atoms. The summed E-state index contributed by atoms with van der Waals surface area (Å²) in [5, 5.41) is 0.770. The van der Waals surface area contributed by atoms with Crippen molar-refractivity contribution < 1.29 is 8.97 Å². The highest BCUT2D eigenvalue weighted by Crippen LogP contribution is 2.33. The molecule has 2 aliphatic rings. The lowest BCUT2D eigenvalue weighted by molar-refractivity contribution is -0.490. The lowest BCUT2D eigenvalue weighted by atomic mass is 10.1. The summed E-state index contributed by atoms with van der Waals surface area (Å²) in [6.07, 6.45) is 4.18. The van der Waals surface area contributed by atoms with Crippen molar-refractivity contribution in [3.05, 3.63) is 42.6 Å². The summed E-state index contributed by atoms with van der Waals surface area (Å²) in [4.78, 5) is 14.7. The van der Waals surface area contributed by atoms with Crippen LogP contribution in [0.25, 0.3) is 0 Å². The highest BCUT2D eigenvalue weighted by molar-refractivity contribution is 8.13. The molecule has 8 heteroatoms. The van der Waals surface area contributed by atoms with Crippen LogP contribution >= 0.6 is 11.8 Å². The topological polar surface area (TPSA) is 70.9 Å². The van der Waals surface area contributed by atoms with Gasteiger partial charge in [-0.1, -0.05) is 17.8 Å². The zero-order chi connectivity index (χ0) is 15.8. The summed E-state index contributed by atoms with van der Waals surface area (Å²) in [6.45, 7) is 1.58. The maximum atomic E-state index is 13.0. The molecule has 0 unspecified atom stereocenters. The van der Waals surface area contributed by atoms with Gasteiger partial charge in [-0.25, -0.2) is 18.9 Å². The van der Waals surface area contributed by atoms with Crippen molar-refractivity contribution in [3.63, 3.8) is 0 Å². The van der Waals surface area contributed by atoms with Crippen LogP contribution in [0.5, 0.6) is 0 Å². The van der Waals surface area contributed by atoms with Crippen LogP contribution in [0, 0.1) is 11.7 Å². The summed E-state index contributed by atoms with van der Waals surface area (Å²) in [6, 6.07) is 6.04. The van der Waals surface area contributed by atoms with Gasteiger partial charge in [0.1, 0.15) is 12.2 Å². The summed E-state index contributed by atoms with van der Waals surface area (Å²) in [5.74, 6) is 2.38. The zero-order valence-corrected chi connectivity index (χ0v) is 13.2. The lowest BCUT2D eigenvalue weighted by Crippen LogP contribution is -2.42. The molecule has 0 aliphatic carbocycles. The molecular formula is C15H16FN6S+. The van der Waals surface area contributed by atoms with Gasteiger partial charge in [0.15, 0.2) is 5.82 Å². The molecule has 1 fully saturated rings. The Kier molecular flexibility index (Phi) is 3.60. The predicted molar refractivity (Wildman–Crippen MR) is 87.3 cm³/mol. The fourth-order valence-corrected chi connectivity index (χ4v) is 4.23. The summed E-state index contributed by atoms with van der Waals surface area (Å²) < 4.78 is 15.1. The van der Waals surface area contributed by atoms with E-state index in [1.165, 1.54) is 12.4 Å². The Bertz CT molecular complexity index is 735. The van der Waals surface area contributed by atoms with Crippen molar-refractivity contribution >= 4 is 28.7 Å². The van der Waals surface area contributed by atoms with E-state index in [9.17, 15) is 4.39 Å². The highest BCUT2D eigenvalue weighted by atomic mass is 32.2. The minimum atomic E-state index is -0.423. The second kappa shape index (κ2) is 5.77. The number of amidine groups is 1. The zero-order valence-electron chi connectivity index (χ0n) is 12.3. The minimum Gasteiger partial charge on any atom is -0.337 e. The molecular weight excluding hydrogens is 315 g/mol. The standard InChI is InChI=1S/C15H15FN6S/c16-11-5-19-15(20-6-11)21-7-10-9-23-14(17)22(12(10)8-21)13-3-1-2-4-18-13/h1-6,10,12,17H,7-9H2/p+1/t10-,12-/m0/s1. The monoisotopic (exact) mass is 331 g/mol. The van der Waals surface area contributed by atoms with E-state index in [0.717, 1.165) is 29.8 Å². The summed E-state index contributed by atoms with van der Waals surface area (Å²) >= 11 is 1.65. The lowest BCUT2D eigenvalue weighted by Gasteiger charge is -2.25. The molecule has 4 rings (SSSR count). The van der Waals surface area contributed by atoms with Crippen LogP contribution in [0.4, 0.5) is 16.2 Å². The molecule has 4 heterocycles. The van der Waals surface area contributed by atoms with Gasteiger partial charge in [-0.15, -0.1) is 4.98 Å². The Morgan fingerprint density at radius 3 is 2.78 bits per heavy atom. The van der Waals surface area contributed by atoms with Gasteiger partial charge in [0.05, 0.1) is 18.9 Å². The SMILES string of the molecule is NC1=[N+](c2ccccn2)[C@H]2CN(c3ncc(F)cn3)C[C@H]2CS1. The summed E-state index contributed by atoms with van der Waals surface area (Å²) in [7, 11) is 0. The molecule has 118 valence electrons. The third-order valence-corrected chi connectivity index (χ3v) is 5.29. The van der Waals surface area contributed by atoms with Crippen molar-refractivity contribution in [2.75, 3.05) is 23.7 Å². The Morgan fingerprint density at radius 1 is 1.22 bits per heavy atom. The van der Waals surface area contributed by atoms with Crippen molar-refractivity contribution in [2.45, 2.75) is 6.04 Å². The number of halogens is 1. The molecule has 2 aromatic rings. The number of anilines is 1. The van der Waals surface area contributed by atoms with Gasteiger partial charge in [-0.05, 0) is 6.07 Å². The fourth-order valence-electron chi connectivity index (χ4n) is 3.15. The number of pyridine rings is 1. The Labute approximate surface area is 137 Å². The first kappa shape index (κ1) is 14.4. The largest absolute Gasteiger partial charge is 0.337 e. The van der Waals surface area contributed by atoms with Gasteiger partial charge in [-0.3, -0.25) is 0 Å². The van der Waals surface area contributed by atoms with Crippen LogP contribution in [-0.4, -0.2) is 49.6 Å². The van der Waals surface area contributed by atoms with Gasteiger partial charge in [-0.2, -0.15) is 0 Å². The maximum Gasteiger partial charge on any atom is 0.263 e. The van der Waals surface area contributed by atoms with E-state index >= 15 is 0 Å². The highest BCUT2D eigenvalue weighted by Gasteiger charge is 2.43. The van der Waals surface area contributed by atoms with Crippen LogP contribution < -0.4 is 10.6 Å². The number of fused-ring (bicyclic) bond motifs is 1. The predicted octanol–water partition coefficient (Wildman–Crippen LogP) is 1.22. The van der Waals surface area contributed by atoms with E-state index in [0.29, 0.717) is 11.9 Å². The second-order valence-corrected chi connectivity index (χ2v) is 6.68. The first-order valence-corrected chi connectivity index (χ1v) is 8.39.